The van der Waals surface area contributed by atoms with Crippen molar-refractivity contribution in [3.8, 4) is 0 Å². The van der Waals surface area contributed by atoms with E-state index >= 15 is 0 Å². The topological polar surface area (TPSA) is 35.5 Å². The molecule has 3 heteroatoms. The van der Waals surface area contributed by atoms with Crippen LogP contribution in [0.1, 0.15) is 37.8 Å². The van der Waals surface area contributed by atoms with Gasteiger partial charge in [-0.15, -0.1) is 0 Å². The third-order valence-electron chi connectivity index (χ3n) is 4.35. The van der Waals surface area contributed by atoms with Crippen molar-refractivity contribution < 1.29 is 5.11 Å². The monoisotopic (exact) mass is 276 g/mol. The Labute approximate surface area is 123 Å². The van der Waals surface area contributed by atoms with Crippen molar-refractivity contribution in [3.63, 3.8) is 0 Å². The number of aliphatic hydroxyl groups is 1. The summed E-state index contributed by atoms with van der Waals surface area (Å²) in [5.41, 5.74) is 3.94. The maximum absolute atomic E-state index is 10.0. The molecule has 0 spiro atoms. The third kappa shape index (κ3) is 3.74. The van der Waals surface area contributed by atoms with Crippen molar-refractivity contribution in [1.82, 2.24) is 5.32 Å². The summed E-state index contributed by atoms with van der Waals surface area (Å²) in [5.74, 6) is 0.421. The molecule has 0 radical (unpaired) electrons. The number of anilines is 1. The van der Waals surface area contributed by atoms with Gasteiger partial charge in [0, 0.05) is 25.3 Å². The van der Waals surface area contributed by atoms with Gasteiger partial charge in [0.1, 0.15) is 0 Å². The number of hydrogen-bond donors (Lipinski definition) is 2. The standard InChI is InChI=1S/C17H28N2O/c1-4-8-18-11-15-5-6-16(10-14(15)3)19-9-7-13(2)17(20)12-19/h5-6,10,13,17-18,20H,4,7-9,11-12H2,1-3H3. The molecular weight excluding hydrogens is 248 g/mol. The molecule has 1 fully saturated rings. The van der Waals surface area contributed by atoms with E-state index in [4.69, 9.17) is 0 Å². The van der Waals surface area contributed by atoms with Crippen LogP contribution in [0.2, 0.25) is 0 Å². The highest BCUT2D eigenvalue weighted by atomic mass is 16.3. The van der Waals surface area contributed by atoms with Crippen molar-refractivity contribution in [3.05, 3.63) is 29.3 Å². The van der Waals surface area contributed by atoms with Crippen LogP contribution in [0.5, 0.6) is 0 Å². The number of β-amino-alcohol motifs (C(OH)–C–C–N with tert-alkyl or cyclic N) is 1. The molecular formula is C17H28N2O. The maximum Gasteiger partial charge on any atom is 0.0741 e. The molecule has 2 unspecified atom stereocenters. The number of rotatable bonds is 5. The van der Waals surface area contributed by atoms with Crippen LogP contribution in [0, 0.1) is 12.8 Å². The van der Waals surface area contributed by atoms with Gasteiger partial charge in [0.25, 0.3) is 0 Å². The molecule has 0 saturated carbocycles. The minimum atomic E-state index is -0.199. The van der Waals surface area contributed by atoms with E-state index in [9.17, 15) is 5.11 Å². The summed E-state index contributed by atoms with van der Waals surface area (Å²) >= 11 is 0. The molecule has 1 aromatic carbocycles. The Morgan fingerprint density at radius 3 is 2.85 bits per heavy atom. The third-order valence-corrected chi connectivity index (χ3v) is 4.35. The Morgan fingerprint density at radius 1 is 1.40 bits per heavy atom. The quantitative estimate of drug-likeness (QED) is 0.812. The first-order valence-corrected chi connectivity index (χ1v) is 7.85. The van der Waals surface area contributed by atoms with Gasteiger partial charge in [0.05, 0.1) is 6.10 Å². The van der Waals surface area contributed by atoms with Crippen LogP contribution in [0.3, 0.4) is 0 Å². The summed E-state index contributed by atoms with van der Waals surface area (Å²) in [6.07, 6.45) is 2.04. The number of aryl methyl sites for hydroxylation is 1. The predicted molar refractivity (Wildman–Crippen MR) is 85.2 cm³/mol. The molecule has 2 rings (SSSR count). The molecule has 1 aromatic rings. The van der Waals surface area contributed by atoms with Crippen molar-refractivity contribution in [2.75, 3.05) is 24.5 Å². The van der Waals surface area contributed by atoms with Gasteiger partial charge in [0.15, 0.2) is 0 Å². The van der Waals surface area contributed by atoms with Crippen LogP contribution in [0.15, 0.2) is 18.2 Å². The van der Waals surface area contributed by atoms with Gasteiger partial charge < -0.3 is 15.3 Å². The fourth-order valence-electron chi connectivity index (χ4n) is 2.76. The van der Waals surface area contributed by atoms with Gasteiger partial charge in [-0.25, -0.2) is 0 Å². The first kappa shape index (κ1) is 15.3. The Balaban J connectivity index is 2.01. The van der Waals surface area contributed by atoms with E-state index in [1.54, 1.807) is 0 Å². The first-order valence-electron chi connectivity index (χ1n) is 7.85. The minimum absolute atomic E-state index is 0.199. The molecule has 0 aromatic heterocycles. The second-order valence-electron chi connectivity index (χ2n) is 6.07. The van der Waals surface area contributed by atoms with Gasteiger partial charge in [-0.05, 0) is 55.5 Å². The number of nitrogens with one attached hydrogen (secondary N) is 1. The molecule has 2 atom stereocenters. The molecule has 20 heavy (non-hydrogen) atoms. The molecule has 0 amide bonds. The number of aliphatic hydroxyl groups excluding tert-OH is 1. The highest BCUT2D eigenvalue weighted by Gasteiger charge is 2.24. The average Bonchev–Trinajstić information content (AvgIpc) is 2.44. The first-order chi connectivity index (χ1) is 9.61. The average molecular weight is 276 g/mol. The summed E-state index contributed by atoms with van der Waals surface area (Å²) in [5, 5.41) is 13.5. The van der Waals surface area contributed by atoms with Gasteiger partial charge in [-0.2, -0.15) is 0 Å². The summed E-state index contributed by atoms with van der Waals surface area (Å²) < 4.78 is 0. The van der Waals surface area contributed by atoms with Crippen LogP contribution < -0.4 is 10.2 Å². The van der Waals surface area contributed by atoms with Crippen LogP contribution in [-0.4, -0.2) is 30.8 Å². The zero-order valence-electron chi connectivity index (χ0n) is 13.0. The van der Waals surface area contributed by atoms with E-state index in [-0.39, 0.29) is 6.10 Å². The van der Waals surface area contributed by atoms with Crippen molar-refractivity contribution in [1.29, 1.82) is 0 Å². The van der Waals surface area contributed by atoms with E-state index in [0.717, 1.165) is 32.6 Å². The normalized spacial score (nSPS) is 23.1. The van der Waals surface area contributed by atoms with Gasteiger partial charge >= 0.3 is 0 Å². The van der Waals surface area contributed by atoms with Gasteiger partial charge in [0.2, 0.25) is 0 Å². The summed E-state index contributed by atoms with van der Waals surface area (Å²) in [7, 11) is 0. The Bertz CT molecular complexity index is 433. The Hall–Kier alpha value is -1.06. The number of benzene rings is 1. The fraction of sp³-hybridized carbons (Fsp3) is 0.647. The molecule has 3 nitrogen and oxygen atoms in total. The largest absolute Gasteiger partial charge is 0.391 e. The minimum Gasteiger partial charge on any atom is -0.391 e. The maximum atomic E-state index is 10.0. The molecule has 0 bridgehead atoms. The summed E-state index contributed by atoms with van der Waals surface area (Å²) in [6.45, 7) is 10.3. The van der Waals surface area contributed by atoms with E-state index < -0.39 is 0 Å². The fourth-order valence-corrected chi connectivity index (χ4v) is 2.76. The highest BCUT2D eigenvalue weighted by Crippen LogP contribution is 2.25. The lowest BCUT2D eigenvalue weighted by Gasteiger charge is -2.36. The van der Waals surface area contributed by atoms with Crippen molar-refractivity contribution in [2.45, 2.75) is 46.3 Å². The van der Waals surface area contributed by atoms with Crippen LogP contribution in [-0.2, 0) is 6.54 Å². The smallest absolute Gasteiger partial charge is 0.0741 e. The molecule has 1 aliphatic rings. The summed E-state index contributed by atoms with van der Waals surface area (Å²) in [6, 6.07) is 6.67. The lowest BCUT2D eigenvalue weighted by Crippen LogP contribution is -2.42. The lowest BCUT2D eigenvalue weighted by atomic mass is 9.95. The van der Waals surface area contributed by atoms with Gasteiger partial charge in [-0.3, -0.25) is 0 Å². The van der Waals surface area contributed by atoms with Gasteiger partial charge in [-0.1, -0.05) is 19.9 Å². The second kappa shape index (κ2) is 7.09. The molecule has 1 saturated heterocycles. The Morgan fingerprint density at radius 2 is 2.20 bits per heavy atom. The van der Waals surface area contributed by atoms with E-state index in [0.29, 0.717) is 5.92 Å². The molecule has 2 N–H and O–H groups in total. The van der Waals surface area contributed by atoms with E-state index in [2.05, 4.69) is 49.2 Å². The van der Waals surface area contributed by atoms with Crippen molar-refractivity contribution in [2.24, 2.45) is 5.92 Å². The zero-order valence-corrected chi connectivity index (χ0v) is 13.0. The van der Waals surface area contributed by atoms with Crippen LogP contribution in [0.25, 0.3) is 0 Å². The number of hydrogen-bond acceptors (Lipinski definition) is 3. The number of nitrogens with zero attached hydrogens (tertiary/aromatic N) is 1. The molecule has 112 valence electrons. The van der Waals surface area contributed by atoms with E-state index in [1.165, 1.54) is 23.2 Å². The highest BCUT2D eigenvalue weighted by molar-refractivity contribution is 5.51. The Kier molecular flexibility index (Phi) is 5.44. The zero-order chi connectivity index (χ0) is 14.5. The second-order valence-corrected chi connectivity index (χ2v) is 6.07. The number of piperidine rings is 1. The summed E-state index contributed by atoms with van der Waals surface area (Å²) in [4.78, 5) is 2.31. The van der Waals surface area contributed by atoms with Crippen LogP contribution in [0.4, 0.5) is 5.69 Å². The van der Waals surface area contributed by atoms with Crippen molar-refractivity contribution >= 4 is 5.69 Å². The SMILES string of the molecule is CCCNCc1ccc(N2CCC(C)C(O)C2)cc1C. The predicted octanol–water partition coefficient (Wildman–Crippen LogP) is 2.70. The molecule has 0 aliphatic carbocycles. The van der Waals surface area contributed by atoms with Crippen LogP contribution >= 0.6 is 0 Å². The molecule has 1 aliphatic heterocycles. The van der Waals surface area contributed by atoms with E-state index in [1.807, 2.05) is 0 Å². The molecule has 1 heterocycles. The lowest BCUT2D eigenvalue weighted by molar-refractivity contribution is 0.103.